The zero-order valence-corrected chi connectivity index (χ0v) is 12.6. The zero-order valence-electron chi connectivity index (χ0n) is 12.6. The number of pyridine rings is 1. The van der Waals surface area contributed by atoms with Gasteiger partial charge in [0.2, 0.25) is 5.88 Å². The maximum atomic E-state index is 5.85. The molecule has 0 atom stereocenters. The molecule has 2 aromatic rings. The normalized spacial score (nSPS) is 10.5. The fourth-order valence-corrected chi connectivity index (χ4v) is 1.80. The monoisotopic (exact) mass is 287 g/mol. The summed E-state index contributed by atoms with van der Waals surface area (Å²) >= 11 is 0. The van der Waals surface area contributed by atoms with Crippen molar-refractivity contribution in [3.63, 3.8) is 0 Å². The van der Waals surface area contributed by atoms with Crippen LogP contribution >= 0.6 is 0 Å². The number of nitrogens with two attached hydrogens (primary N) is 1. The Morgan fingerprint density at radius 2 is 1.86 bits per heavy atom. The van der Waals surface area contributed by atoms with Gasteiger partial charge in [-0.1, -0.05) is 12.1 Å². The number of methoxy groups -OCH3 is 1. The average molecular weight is 287 g/mol. The lowest BCUT2D eigenvalue weighted by molar-refractivity contribution is 0.234. The van der Waals surface area contributed by atoms with Gasteiger partial charge in [-0.15, -0.1) is 0 Å². The van der Waals surface area contributed by atoms with Crippen molar-refractivity contribution in [2.45, 2.75) is 26.5 Å². The summed E-state index contributed by atoms with van der Waals surface area (Å²) in [5.41, 5.74) is 7.53. The summed E-state index contributed by atoms with van der Waals surface area (Å²) in [6.45, 7) is 4.55. The molecule has 21 heavy (non-hydrogen) atoms. The van der Waals surface area contributed by atoms with Crippen molar-refractivity contribution in [1.82, 2.24) is 4.98 Å². The zero-order chi connectivity index (χ0) is 15.2. The molecule has 0 saturated heterocycles. The summed E-state index contributed by atoms with van der Waals surface area (Å²) in [6, 6.07) is 11.5. The Hall–Kier alpha value is -2.43. The minimum atomic E-state index is 0.0386. The standard InChI is InChI=1S/C16H21N3O2/c1-11(2)21-16-14(17)8-9-15(19-16)18-10-12-4-6-13(20-3)7-5-12/h4-9,11H,10,17H2,1-3H3,(H,18,19). The minimum absolute atomic E-state index is 0.0386. The average Bonchev–Trinajstić information content (AvgIpc) is 2.48. The Bertz CT molecular complexity index is 583. The van der Waals surface area contributed by atoms with Crippen LogP contribution in [0.3, 0.4) is 0 Å². The van der Waals surface area contributed by atoms with Crippen LogP contribution in [0, 0.1) is 0 Å². The van der Waals surface area contributed by atoms with Crippen LogP contribution in [0.25, 0.3) is 0 Å². The number of nitrogens with one attached hydrogen (secondary N) is 1. The molecule has 1 heterocycles. The van der Waals surface area contributed by atoms with Gasteiger partial charge in [0.1, 0.15) is 11.6 Å². The number of rotatable bonds is 6. The Morgan fingerprint density at radius 3 is 2.48 bits per heavy atom. The summed E-state index contributed by atoms with van der Waals surface area (Å²) in [5, 5.41) is 3.25. The largest absolute Gasteiger partial charge is 0.497 e. The van der Waals surface area contributed by atoms with Crippen molar-refractivity contribution >= 4 is 11.5 Å². The van der Waals surface area contributed by atoms with E-state index in [-0.39, 0.29) is 6.10 Å². The van der Waals surface area contributed by atoms with Gasteiger partial charge in [-0.3, -0.25) is 0 Å². The maximum absolute atomic E-state index is 5.85. The molecule has 0 amide bonds. The van der Waals surface area contributed by atoms with Gasteiger partial charge in [0, 0.05) is 6.54 Å². The topological polar surface area (TPSA) is 69.4 Å². The van der Waals surface area contributed by atoms with E-state index in [0.29, 0.717) is 18.1 Å². The first-order valence-corrected chi connectivity index (χ1v) is 6.88. The molecule has 5 heteroatoms. The maximum Gasteiger partial charge on any atom is 0.239 e. The van der Waals surface area contributed by atoms with E-state index in [1.54, 1.807) is 13.2 Å². The van der Waals surface area contributed by atoms with Crippen LogP contribution in [0.4, 0.5) is 11.5 Å². The molecule has 1 aromatic heterocycles. The third-order valence-corrected chi connectivity index (χ3v) is 2.87. The third kappa shape index (κ3) is 4.27. The molecule has 5 nitrogen and oxygen atoms in total. The lowest BCUT2D eigenvalue weighted by Crippen LogP contribution is -2.10. The summed E-state index contributed by atoms with van der Waals surface area (Å²) in [5.74, 6) is 2.04. The van der Waals surface area contributed by atoms with E-state index in [9.17, 15) is 0 Å². The molecule has 0 fully saturated rings. The van der Waals surface area contributed by atoms with E-state index in [0.717, 1.165) is 17.1 Å². The van der Waals surface area contributed by atoms with Crippen LogP contribution < -0.4 is 20.5 Å². The molecule has 1 aromatic carbocycles. The quantitative estimate of drug-likeness (QED) is 0.854. The number of nitrogens with zero attached hydrogens (tertiary/aromatic N) is 1. The number of nitrogen functional groups attached to an aromatic ring is 1. The van der Waals surface area contributed by atoms with Crippen LogP contribution in [-0.4, -0.2) is 18.2 Å². The fourth-order valence-electron chi connectivity index (χ4n) is 1.80. The van der Waals surface area contributed by atoms with E-state index < -0.39 is 0 Å². The summed E-state index contributed by atoms with van der Waals surface area (Å²) < 4.78 is 10.7. The Labute approximate surface area is 125 Å². The first-order valence-electron chi connectivity index (χ1n) is 6.88. The molecule has 0 aliphatic carbocycles. The second-order valence-electron chi connectivity index (χ2n) is 4.96. The number of hydrogen-bond donors (Lipinski definition) is 2. The SMILES string of the molecule is COc1ccc(CNc2ccc(N)c(OC(C)C)n2)cc1. The highest BCUT2D eigenvalue weighted by Crippen LogP contribution is 2.22. The van der Waals surface area contributed by atoms with Crippen molar-refractivity contribution in [3.8, 4) is 11.6 Å². The molecule has 2 rings (SSSR count). The number of aromatic nitrogens is 1. The minimum Gasteiger partial charge on any atom is -0.497 e. The first kappa shape index (κ1) is 15.0. The van der Waals surface area contributed by atoms with E-state index in [1.165, 1.54) is 0 Å². The van der Waals surface area contributed by atoms with Crippen molar-refractivity contribution in [3.05, 3.63) is 42.0 Å². The van der Waals surface area contributed by atoms with Crippen LogP contribution in [0.15, 0.2) is 36.4 Å². The Balaban J connectivity index is 2.02. The highest BCUT2D eigenvalue weighted by Gasteiger charge is 2.06. The predicted molar refractivity (Wildman–Crippen MR) is 84.7 cm³/mol. The van der Waals surface area contributed by atoms with Crippen LogP contribution in [0.1, 0.15) is 19.4 Å². The molecule has 0 unspecified atom stereocenters. The summed E-state index contributed by atoms with van der Waals surface area (Å²) in [4.78, 5) is 4.38. The molecular weight excluding hydrogens is 266 g/mol. The highest BCUT2D eigenvalue weighted by molar-refractivity contribution is 5.53. The van der Waals surface area contributed by atoms with Gasteiger partial charge >= 0.3 is 0 Å². The van der Waals surface area contributed by atoms with Gasteiger partial charge in [0.25, 0.3) is 0 Å². The molecular formula is C16H21N3O2. The molecule has 3 N–H and O–H groups in total. The van der Waals surface area contributed by atoms with Crippen molar-refractivity contribution in [2.24, 2.45) is 0 Å². The highest BCUT2D eigenvalue weighted by atomic mass is 16.5. The Morgan fingerprint density at radius 1 is 1.14 bits per heavy atom. The number of anilines is 2. The van der Waals surface area contributed by atoms with Gasteiger partial charge in [0.05, 0.1) is 18.9 Å². The van der Waals surface area contributed by atoms with Crippen LogP contribution in [0.5, 0.6) is 11.6 Å². The van der Waals surface area contributed by atoms with Crippen LogP contribution in [-0.2, 0) is 6.54 Å². The molecule has 0 aliphatic heterocycles. The smallest absolute Gasteiger partial charge is 0.239 e. The molecule has 0 bridgehead atoms. The lowest BCUT2D eigenvalue weighted by Gasteiger charge is -2.13. The van der Waals surface area contributed by atoms with E-state index in [2.05, 4.69) is 10.3 Å². The fraction of sp³-hybridized carbons (Fsp3) is 0.312. The lowest BCUT2D eigenvalue weighted by atomic mass is 10.2. The third-order valence-electron chi connectivity index (χ3n) is 2.87. The van der Waals surface area contributed by atoms with Gasteiger partial charge in [-0.05, 0) is 43.7 Å². The molecule has 0 aliphatic rings. The molecule has 0 spiro atoms. The van der Waals surface area contributed by atoms with Gasteiger partial charge in [0.15, 0.2) is 0 Å². The predicted octanol–water partition coefficient (Wildman–Crippen LogP) is 3.07. The summed E-state index contributed by atoms with van der Waals surface area (Å²) in [7, 11) is 1.65. The van der Waals surface area contributed by atoms with Gasteiger partial charge < -0.3 is 20.5 Å². The van der Waals surface area contributed by atoms with E-state index in [4.69, 9.17) is 15.2 Å². The van der Waals surface area contributed by atoms with Crippen LogP contribution in [0.2, 0.25) is 0 Å². The van der Waals surface area contributed by atoms with E-state index >= 15 is 0 Å². The van der Waals surface area contributed by atoms with E-state index in [1.807, 2.05) is 44.2 Å². The van der Waals surface area contributed by atoms with Gasteiger partial charge in [-0.25, -0.2) is 0 Å². The molecule has 112 valence electrons. The van der Waals surface area contributed by atoms with Crippen molar-refractivity contribution < 1.29 is 9.47 Å². The molecule has 0 radical (unpaired) electrons. The first-order chi connectivity index (χ1) is 10.1. The van der Waals surface area contributed by atoms with Crippen molar-refractivity contribution in [1.29, 1.82) is 0 Å². The summed E-state index contributed by atoms with van der Waals surface area (Å²) in [6.07, 6.45) is 0.0386. The van der Waals surface area contributed by atoms with Gasteiger partial charge in [-0.2, -0.15) is 4.98 Å². The van der Waals surface area contributed by atoms with Crippen molar-refractivity contribution in [2.75, 3.05) is 18.2 Å². The number of hydrogen-bond acceptors (Lipinski definition) is 5. The second kappa shape index (κ2) is 6.83. The number of benzene rings is 1. The molecule has 0 saturated carbocycles. The Kier molecular flexibility index (Phi) is 4.87. The second-order valence-corrected chi connectivity index (χ2v) is 4.96. The number of ether oxygens (including phenoxy) is 2.